The minimum atomic E-state index is -1.08. The van der Waals surface area contributed by atoms with E-state index in [1.807, 2.05) is 0 Å². The number of carboxylic acid groups (broad SMARTS) is 1. The molecule has 0 spiro atoms. The average molecular weight is 242 g/mol. The van der Waals surface area contributed by atoms with Crippen molar-refractivity contribution in [2.75, 3.05) is 0 Å². The maximum Gasteiger partial charge on any atom is 0.303 e. The molecule has 0 heterocycles. The molecular weight excluding hydrogens is 230 g/mol. The third-order valence-corrected chi connectivity index (χ3v) is 2.30. The van der Waals surface area contributed by atoms with E-state index in [0.717, 1.165) is 12.1 Å². The van der Waals surface area contributed by atoms with Gasteiger partial charge in [-0.15, -0.1) is 0 Å². The summed E-state index contributed by atoms with van der Waals surface area (Å²) in [6, 6.07) is 2.89. The van der Waals surface area contributed by atoms with Crippen LogP contribution < -0.4 is 0 Å². The lowest BCUT2D eigenvalue weighted by atomic mass is 9.97. The van der Waals surface area contributed by atoms with Crippen molar-refractivity contribution in [1.29, 1.82) is 0 Å². The molecule has 0 radical (unpaired) electrons. The van der Waals surface area contributed by atoms with Crippen LogP contribution in [0.1, 0.15) is 30.1 Å². The summed E-state index contributed by atoms with van der Waals surface area (Å²) in [5.41, 5.74) is 0.0566. The Labute approximate surface area is 97.1 Å². The van der Waals surface area contributed by atoms with Crippen LogP contribution in [0.3, 0.4) is 0 Å². The van der Waals surface area contributed by atoms with Crippen molar-refractivity contribution < 1.29 is 23.5 Å². The first-order chi connectivity index (χ1) is 7.90. The first-order valence-corrected chi connectivity index (χ1v) is 5.10. The molecule has 0 aliphatic rings. The Morgan fingerprint density at radius 3 is 2.41 bits per heavy atom. The minimum absolute atomic E-state index is 0.00261. The summed E-state index contributed by atoms with van der Waals surface area (Å²) in [6.07, 6.45) is -0.132. The number of hydrogen-bond donors (Lipinski definition) is 1. The van der Waals surface area contributed by atoms with Crippen molar-refractivity contribution in [3.63, 3.8) is 0 Å². The van der Waals surface area contributed by atoms with E-state index in [1.54, 1.807) is 6.92 Å². The van der Waals surface area contributed by atoms with Crippen LogP contribution in [0.25, 0.3) is 0 Å². The van der Waals surface area contributed by atoms with Gasteiger partial charge in [0.2, 0.25) is 0 Å². The highest BCUT2D eigenvalue weighted by Gasteiger charge is 2.15. The molecule has 5 heteroatoms. The molecule has 0 bridgehead atoms. The smallest absolute Gasteiger partial charge is 0.303 e. The molecule has 0 unspecified atom stereocenters. The quantitative estimate of drug-likeness (QED) is 0.807. The maximum absolute atomic E-state index is 12.9. The largest absolute Gasteiger partial charge is 0.481 e. The van der Waals surface area contributed by atoms with Gasteiger partial charge in [-0.05, 0) is 24.1 Å². The Balaban J connectivity index is 2.70. The highest BCUT2D eigenvalue weighted by Crippen LogP contribution is 2.15. The van der Waals surface area contributed by atoms with E-state index in [9.17, 15) is 18.4 Å². The van der Waals surface area contributed by atoms with Crippen LogP contribution in [-0.4, -0.2) is 16.9 Å². The number of rotatable bonds is 5. The van der Waals surface area contributed by atoms with E-state index in [0.29, 0.717) is 0 Å². The number of carboxylic acids is 1. The highest BCUT2D eigenvalue weighted by atomic mass is 19.2. The first kappa shape index (κ1) is 13.3. The molecule has 17 heavy (non-hydrogen) atoms. The van der Waals surface area contributed by atoms with Gasteiger partial charge in [0.25, 0.3) is 0 Å². The topological polar surface area (TPSA) is 54.4 Å². The first-order valence-electron chi connectivity index (χ1n) is 5.10. The van der Waals surface area contributed by atoms with Crippen LogP contribution in [0.2, 0.25) is 0 Å². The van der Waals surface area contributed by atoms with Crippen molar-refractivity contribution in [2.45, 2.75) is 19.8 Å². The second-order valence-electron chi connectivity index (χ2n) is 3.96. The molecule has 1 aromatic carbocycles. The van der Waals surface area contributed by atoms with Crippen molar-refractivity contribution in [3.8, 4) is 0 Å². The Bertz CT molecular complexity index is 443. The number of benzene rings is 1. The van der Waals surface area contributed by atoms with Crippen LogP contribution in [0, 0.1) is 17.6 Å². The highest BCUT2D eigenvalue weighted by molar-refractivity contribution is 5.96. The number of halogens is 2. The molecule has 0 aromatic heterocycles. The second-order valence-corrected chi connectivity index (χ2v) is 3.96. The van der Waals surface area contributed by atoms with Crippen LogP contribution in [0.15, 0.2) is 18.2 Å². The number of aliphatic carboxylic acids is 1. The van der Waals surface area contributed by atoms with Crippen molar-refractivity contribution >= 4 is 11.8 Å². The lowest BCUT2D eigenvalue weighted by Crippen LogP contribution is -2.10. The van der Waals surface area contributed by atoms with Crippen molar-refractivity contribution in [2.24, 2.45) is 5.92 Å². The third-order valence-electron chi connectivity index (χ3n) is 2.30. The van der Waals surface area contributed by atoms with Crippen LogP contribution in [0.4, 0.5) is 8.78 Å². The molecule has 1 aromatic rings. The summed E-state index contributed by atoms with van der Waals surface area (Å²) in [5.74, 6) is -3.82. The summed E-state index contributed by atoms with van der Waals surface area (Å²) in [4.78, 5) is 22.0. The SMILES string of the molecule is C[C@@H](CC(=O)O)CC(=O)c1ccc(F)c(F)c1. The molecule has 1 rings (SSSR count). The fraction of sp³-hybridized carbons (Fsp3) is 0.333. The molecule has 0 amide bonds. The van der Waals surface area contributed by atoms with E-state index < -0.39 is 23.4 Å². The van der Waals surface area contributed by atoms with Crippen LogP contribution in [-0.2, 0) is 4.79 Å². The molecule has 0 saturated carbocycles. The summed E-state index contributed by atoms with van der Waals surface area (Å²) in [5, 5.41) is 8.53. The van der Waals surface area contributed by atoms with Crippen molar-refractivity contribution in [1.82, 2.24) is 0 Å². The number of hydrogen-bond acceptors (Lipinski definition) is 2. The zero-order valence-corrected chi connectivity index (χ0v) is 9.24. The Morgan fingerprint density at radius 2 is 1.88 bits per heavy atom. The van der Waals surface area contributed by atoms with Gasteiger partial charge in [0.1, 0.15) is 0 Å². The van der Waals surface area contributed by atoms with E-state index in [-0.39, 0.29) is 24.3 Å². The van der Waals surface area contributed by atoms with Gasteiger partial charge in [-0.25, -0.2) is 8.78 Å². The van der Waals surface area contributed by atoms with Gasteiger partial charge >= 0.3 is 5.97 Å². The molecule has 0 fully saturated rings. The maximum atomic E-state index is 12.9. The summed E-state index contributed by atoms with van der Waals surface area (Å²) < 4.78 is 25.5. The number of Topliss-reactive ketones (excluding diaryl/α,β-unsaturated/α-hetero) is 1. The minimum Gasteiger partial charge on any atom is -0.481 e. The third kappa shape index (κ3) is 3.94. The van der Waals surface area contributed by atoms with Gasteiger partial charge in [-0.3, -0.25) is 9.59 Å². The predicted octanol–water partition coefficient (Wildman–Crippen LogP) is 2.65. The number of carbonyl (C=O) groups is 2. The molecule has 0 aliphatic heterocycles. The fourth-order valence-corrected chi connectivity index (χ4v) is 1.47. The lowest BCUT2D eigenvalue weighted by Gasteiger charge is -2.07. The molecule has 0 aliphatic carbocycles. The van der Waals surface area contributed by atoms with Gasteiger partial charge in [-0.2, -0.15) is 0 Å². The zero-order valence-electron chi connectivity index (χ0n) is 9.24. The lowest BCUT2D eigenvalue weighted by molar-refractivity contribution is -0.137. The number of ketones is 1. The Morgan fingerprint density at radius 1 is 1.24 bits per heavy atom. The van der Waals surface area contributed by atoms with Crippen LogP contribution >= 0.6 is 0 Å². The van der Waals surface area contributed by atoms with E-state index in [4.69, 9.17) is 5.11 Å². The molecular formula is C12H12F2O3. The molecule has 1 N–H and O–H groups in total. The Hall–Kier alpha value is -1.78. The van der Waals surface area contributed by atoms with E-state index in [1.165, 1.54) is 6.07 Å². The van der Waals surface area contributed by atoms with Gasteiger partial charge in [0, 0.05) is 18.4 Å². The molecule has 0 saturated heterocycles. The van der Waals surface area contributed by atoms with Gasteiger partial charge in [-0.1, -0.05) is 6.92 Å². The second kappa shape index (κ2) is 5.52. The predicted molar refractivity (Wildman–Crippen MR) is 56.7 cm³/mol. The van der Waals surface area contributed by atoms with E-state index in [2.05, 4.69) is 0 Å². The normalized spacial score (nSPS) is 12.2. The Kier molecular flexibility index (Phi) is 4.31. The van der Waals surface area contributed by atoms with Crippen LogP contribution in [0.5, 0.6) is 0 Å². The summed E-state index contributed by atoms with van der Waals surface area (Å²) in [7, 11) is 0. The molecule has 92 valence electrons. The zero-order chi connectivity index (χ0) is 13.0. The van der Waals surface area contributed by atoms with Crippen molar-refractivity contribution in [3.05, 3.63) is 35.4 Å². The molecule has 3 nitrogen and oxygen atoms in total. The van der Waals surface area contributed by atoms with Gasteiger partial charge in [0.05, 0.1) is 0 Å². The fourth-order valence-electron chi connectivity index (χ4n) is 1.47. The average Bonchev–Trinajstić information content (AvgIpc) is 2.20. The standard InChI is InChI=1S/C12H12F2O3/c1-7(5-12(16)17)4-11(15)8-2-3-9(13)10(14)6-8/h2-3,6-7H,4-5H2,1H3,(H,16,17)/t7-/m1/s1. The van der Waals surface area contributed by atoms with Gasteiger partial charge in [0.15, 0.2) is 17.4 Å². The van der Waals surface area contributed by atoms with E-state index >= 15 is 0 Å². The van der Waals surface area contributed by atoms with Gasteiger partial charge < -0.3 is 5.11 Å². The summed E-state index contributed by atoms with van der Waals surface area (Å²) >= 11 is 0. The number of carbonyl (C=O) groups excluding carboxylic acids is 1. The molecule has 1 atom stereocenters. The monoisotopic (exact) mass is 242 g/mol. The summed E-state index contributed by atoms with van der Waals surface area (Å²) in [6.45, 7) is 1.62.